The minimum atomic E-state index is -1.68. The molecule has 4 aliphatic heterocycles. The Bertz CT molecular complexity index is 1220. The lowest BCUT2D eigenvalue weighted by Gasteiger charge is -2.48. The quantitative estimate of drug-likeness (QED) is 0.514. The highest BCUT2D eigenvalue weighted by Gasteiger charge is 2.47. The maximum atomic E-state index is 14.1. The molecule has 5 rings (SSSR count). The number of aliphatic hydroxyl groups excluding tert-OH is 1. The van der Waals surface area contributed by atoms with Crippen molar-refractivity contribution in [2.45, 2.75) is 51.1 Å². The Morgan fingerprint density at radius 2 is 2.00 bits per heavy atom. The lowest BCUT2D eigenvalue weighted by molar-refractivity contribution is -0.171. The number of nitrogens with zero attached hydrogens (tertiary/aromatic N) is 3. The van der Waals surface area contributed by atoms with Gasteiger partial charge < -0.3 is 39.3 Å². The largest absolute Gasteiger partial charge is 0.456 e. The Morgan fingerprint density at radius 3 is 2.74 bits per heavy atom. The zero-order valence-corrected chi connectivity index (χ0v) is 21.4. The van der Waals surface area contributed by atoms with Gasteiger partial charge in [0.15, 0.2) is 12.0 Å². The summed E-state index contributed by atoms with van der Waals surface area (Å²) in [6, 6.07) is 2.85. The molecule has 1 aromatic carbocycles. The van der Waals surface area contributed by atoms with Crippen LogP contribution in [-0.2, 0) is 30.3 Å². The third-order valence-electron chi connectivity index (χ3n) is 7.26. The van der Waals surface area contributed by atoms with Crippen LogP contribution in [0.25, 0.3) is 0 Å². The molecule has 3 amide bonds. The van der Waals surface area contributed by atoms with Crippen LogP contribution in [0.2, 0.25) is 0 Å². The van der Waals surface area contributed by atoms with Gasteiger partial charge in [0, 0.05) is 43.5 Å². The lowest BCUT2D eigenvalue weighted by atomic mass is 9.98. The molecule has 3 fully saturated rings. The molecule has 2 N–H and O–H groups in total. The van der Waals surface area contributed by atoms with Crippen LogP contribution in [0.1, 0.15) is 31.7 Å². The van der Waals surface area contributed by atoms with E-state index >= 15 is 0 Å². The predicted molar refractivity (Wildman–Crippen MR) is 130 cm³/mol. The molecule has 0 aliphatic carbocycles. The van der Waals surface area contributed by atoms with Crippen LogP contribution < -0.4 is 5.32 Å². The van der Waals surface area contributed by atoms with Gasteiger partial charge in [-0.05, 0) is 32.3 Å². The Balaban J connectivity index is 1.36. The first-order valence-electron chi connectivity index (χ1n) is 12.9. The minimum absolute atomic E-state index is 0.00875. The molecule has 3 unspecified atom stereocenters. The molecule has 1 aromatic rings. The molecule has 0 saturated carbocycles. The van der Waals surface area contributed by atoms with E-state index < -0.39 is 48.7 Å². The number of carbonyl (C=O) groups excluding carboxylic acids is 3. The van der Waals surface area contributed by atoms with Crippen molar-refractivity contribution in [2.24, 2.45) is 0 Å². The Hall–Kier alpha value is -3.71. The number of rotatable bonds is 6. The molecule has 3 saturated heterocycles. The third-order valence-corrected chi connectivity index (χ3v) is 7.26. The van der Waals surface area contributed by atoms with Crippen molar-refractivity contribution < 1.29 is 42.5 Å². The van der Waals surface area contributed by atoms with Crippen LogP contribution in [0, 0.1) is 11.6 Å². The molecule has 0 spiro atoms. The van der Waals surface area contributed by atoms with Crippen LogP contribution in [-0.4, -0.2) is 89.1 Å². The normalized spacial score (nSPS) is 24.7. The van der Waals surface area contributed by atoms with E-state index in [0.29, 0.717) is 32.2 Å². The molecule has 0 aromatic heterocycles. The number of amides is 3. The van der Waals surface area contributed by atoms with E-state index in [1.807, 2.05) is 6.92 Å². The van der Waals surface area contributed by atoms with Crippen LogP contribution in [0.15, 0.2) is 41.4 Å². The summed E-state index contributed by atoms with van der Waals surface area (Å²) in [7, 11) is 0. The first kappa shape index (κ1) is 26.9. The molecule has 0 bridgehead atoms. The number of ether oxygens (including phenoxy) is 3. The van der Waals surface area contributed by atoms with E-state index in [-0.39, 0.29) is 41.7 Å². The number of benzene rings is 1. The van der Waals surface area contributed by atoms with Gasteiger partial charge in [-0.1, -0.05) is 6.07 Å². The zero-order valence-electron chi connectivity index (χ0n) is 21.4. The second kappa shape index (κ2) is 11.2. The molecule has 13 heteroatoms. The van der Waals surface area contributed by atoms with Gasteiger partial charge in [0.25, 0.3) is 11.8 Å². The van der Waals surface area contributed by atoms with Gasteiger partial charge >= 0.3 is 6.09 Å². The van der Waals surface area contributed by atoms with Crippen LogP contribution in [0.3, 0.4) is 0 Å². The van der Waals surface area contributed by atoms with Crippen molar-refractivity contribution in [2.75, 3.05) is 33.0 Å². The highest BCUT2D eigenvalue weighted by atomic mass is 19.1. The van der Waals surface area contributed by atoms with E-state index in [1.54, 1.807) is 4.90 Å². The van der Waals surface area contributed by atoms with Crippen molar-refractivity contribution in [3.05, 3.63) is 58.6 Å². The highest BCUT2D eigenvalue weighted by Crippen LogP contribution is 2.35. The van der Waals surface area contributed by atoms with E-state index in [2.05, 4.69) is 5.32 Å². The summed E-state index contributed by atoms with van der Waals surface area (Å²) in [4.78, 5) is 43.5. The first-order chi connectivity index (χ1) is 18.7. The summed E-state index contributed by atoms with van der Waals surface area (Å²) in [5, 5.41) is 13.7. The number of carbonyl (C=O) groups is 3. The number of piperazine rings is 1. The number of hydrogen-bond donors (Lipinski definition) is 2. The summed E-state index contributed by atoms with van der Waals surface area (Å²) >= 11 is 0. The highest BCUT2D eigenvalue weighted by molar-refractivity contribution is 5.99. The van der Waals surface area contributed by atoms with Crippen LogP contribution >= 0.6 is 0 Å². The minimum Gasteiger partial charge on any atom is -0.456 e. The second-order valence-electron chi connectivity index (χ2n) is 9.81. The maximum absolute atomic E-state index is 14.1. The Morgan fingerprint density at radius 1 is 1.23 bits per heavy atom. The predicted octanol–water partition coefficient (Wildman–Crippen LogP) is 1.54. The van der Waals surface area contributed by atoms with E-state index in [0.717, 1.165) is 18.9 Å². The average Bonchev–Trinajstić information content (AvgIpc) is 3.44. The molecular weight excluding hydrogens is 518 g/mol. The van der Waals surface area contributed by atoms with E-state index in [1.165, 1.54) is 22.1 Å². The molecule has 4 aliphatic rings. The van der Waals surface area contributed by atoms with Crippen LogP contribution in [0.4, 0.5) is 13.6 Å². The molecule has 11 nitrogen and oxygen atoms in total. The fourth-order valence-corrected chi connectivity index (χ4v) is 5.13. The van der Waals surface area contributed by atoms with Gasteiger partial charge in [-0.3, -0.25) is 9.59 Å². The number of nitrogens with one attached hydrogen (secondary N) is 1. The smallest absolute Gasteiger partial charge is 0.412 e. The Kier molecular flexibility index (Phi) is 7.71. The monoisotopic (exact) mass is 548 g/mol. The van der Waals surface area contributed by atoms with Crippen molar-refractivity contribution in [3.63, 3.8) is 0 Å². The van der Waals surface area contributed by atoms with Gasteiger partial charge in [0.2, 0.25) is 6.79 Å². The lowest BCUT2D eigenvalue weighted by Crippen LogP contribution is -2.61. The van der Waals surface area contributed by atoms with Crippen LogP contribution in [0.5, 0.6) is 0 Å². The first-order valence-corrected chi connectivity index (χ1v) is 12.9. The summed E-state index contributed by atoms with van der Waals surface area (Å²) in [5.41, 5.74) is -0.118. The number of fused-ring (bicyclic) bond motifs is 2. The number of aliphatic hydroxyl groups is 1. The van der Waals surface area contributed by atoms with Crippen molar-refractivity contribution in [1.29, 1.82) is 0 Å². The molecule has 210 valence electrons. The molecule has 39 heavy (non-hydrogen) atoms. The van der Waals surface area contributed by atoms with Gasteiger partial charge in [0.1, 0.15) is 23.4 Å². The topological polar surface area (TPSA) is 121 Å². The van der Waals surface area contributed by atoms with E-state index in [4.69, 9.17) is 14.2 Å². The average molecular weight is 549 g/mol. The van der Waals surface area contributed by atoms with Gasteiger partial charge in [-0.15, -0.1) is 0 Å². The SMILES string of the molecule is CC1CCOC2CN3C=C(C(=O)NCc4ccc(F)cc4F)C(O)C(OCOC(=O)N4CCCC4)=C3C(=O)N12. The molecule has 4 heterocycles. The number of likely N-dealkylation sites (tertiary alicyclic amines) is 1. The summed E-state index contributed by atoms with van der Waals surface area (Å²) < 4.78 is 43.9. The van der Waals surface area contributed by atoms with Gasteiger partial charge in [-0.25, -0.2) is 13.6 Å². The summed E-state index contributed by atoms with van der Waals surface area (Å²) in [6.45, 7) is 2.80. The van der Waals surface area contributed by atoms with Crippen molar-refractivity contribution in [1.82, 2.24) is 20.0 Å². The van der Waals surface area contributed by atoms with Gasteiger partial charge in [-0.2, -0.15) is 0 Å². The second-order valence-corrected chi connectivity index (χ2v) is 9.81. The fourth-order valence-electron chi connectivity index (χ4n) is 5.13. The van der Waals surface area contributed by atoms with E-state index in [9.17, 15) is 28.3 Å². The maximum Gasteiger partial charge on any atom is 0.412 e. The number of hydrogen-bond acceptors (Lipinski definition) is 8. The number of halogens is 2. The standard InChI is InChI=1S/C26H30F2N4O7/c1-15-6-9-37-20-13-31-12-18(24(34)29-11-16-4-5-17(27)10-19(16)28)22(33)23(21(31)25(35)32(15)20)38-14-39-26(36)30-7-2-3-8-30/h4-5,10,12,15,20,22,33H,2-3,6-9,11,13-14H2,1H3,(H,29,34). The molecule has 0 radical (unpaired) electrons. The summed E-state index contributed by atoms with van der Waals surface area (Å²) in [5.74, 6) is -3.03. The van der Waals surface area contributed by atoms with Gasteiger partial charge in [0.05, 0.1) is 18.7 Å². The molecule has 3 atom stereocenters. The zero-order chi connectivity index (χ0) is 27.7. The third kappa shape index (κ3) is 5.41. The summed E-state index contributed by atoms with van der Waals surface area (Å²) in [6.07, 6.45) is 0.862. The van der Waals surface area contributed by atoms with Crippen molar-refractivity contribution in [3.8, 4) is 0 Å². The fraction of sp³-hybridized carbons (Fsp3) is 0.500. The Labute approximate surface area is 223 Å². The van der Waals surface area contributed by atoms with Crippen molar-refractivity contribution >= 4 is 17.9 Å². The molecular formula is C26H30F2N4O7.